The molecule has 0 atom stereocenters. The van der Waals surface area contributed by atoms with Crippen molar-refractivity contribution in [3.63, 3.8) is 0 Å². The van der Waals surface area contributed by atoms with Gasteiger partial charge in [-0.1, -0.05) is 50.2 Å². The van der Waals surface area contributed by atoms with Gasteiger partial charge in [0.25, 0.3) is 0 Å². The predicted octanol–water partition coefficient (Wildman–Crippen LogP) is 6.26. The van der Waals surface area contributed by atoms with Gasteiger partial charge in [0.1, 0.15) is 0 Å². The van der Waals surface area contributed by atoms with Gasteiger partial charge in [-0.2, -0.15) is 0 Å². The number of benzene rings is 2. The van der Waals surface area contributed by atoms with Gasteiger partial charge in [0.05, 0.1) is 12.3 Å². The van der Waals surface area contributed by atoms with E-state index in [4.69, 9.17) is 4.74 Å². The third-order valence-electron chi connectivity index (χ3n) is 3.90. The van der Waals surface area contributed by atoms with Crippen molar-refractivity contribution in [2.24, 2.45) is 0 Å². The van der Waals surface area contributed by atoms with Crippen molar-refractivity contribution < 1.29 is 9.53 Å². The van der Waals surface area contributed by atoms with E-state index in [0.717, 1.165) is 16.1 Å². The highest BCUT2D eigenvalue weighted by Crippen LogP contribution is 2.40. The molecule has 0 saturated carbocycles. The molecule has 0 bridgehead atoms. The number of carbonyl (C=O) groups excluding carboxylic acids is 1. The molecule has 1 amide bonds. The molecule has 4 heteroatoms. The van der Waals surface area contributed by atoms with Crippen molar-refractivity contribution in [2.45, 2.75) is 26.7 Å². The summed E-state index contributed by atoms with van der Waals surface area (Å²) in [6.07, 6.45) is -0.422. The van der Waals surface area contributed by atoms with Crippen molar-refractivity contribution in [3.8, 4) is 10.4 Å². The Labute approximate surface area is 146 Å². The second kappa shape index (κ2) is 7.05. The van der Waals surface area contributed by atoms with Crippen LogP contribution in [0.5, 0.6) is 0 Å². The van der Waals surface area contributed by atoms with E-state index in [9.17, 15) is 4.79 Å². The Kier molecular flexibility index (Phi) is 4.86. The molecule has 0 spiro atoms. The van der Waals surface area contributed by atoms with E-state index in [-0.39, 0.29) is 0 Å². The second-order valence-electron chi connectivity index (χ2n) is 5.92. The molecule has 2 aromatic carbocycles. The summed E-state index contributed by atoms with van der Waals surface area (Å²) >= 11 is 1.77. The Balaban J connectivity index is 2.05. The maximum atomic E-state index is 11.8. The van der Waals surface area contributed by atoms with Gasteiger partial charge in [0.15, 0.2) is 0 Å². The van der Waals surface area contributed by atoms with Gasteiger partial charge in [-0.05, 0) is 35.9 Å². The lowest BCUT2D eigenvalue weighted by Gasteiger charge is -2.09. The van der Waals surface area contributed by atoms with Crippen molar-refractivity contribution in [3.05, 3.63) is 54.1 Å². The minimum absolute atomic E-state index is 0.356. The van der Waals surface area contributed by atoms with Crippen LogP contribution >= 0.6 is 11.3 Å². The molecule has 124 valence electrons. The summed E-state index contributed by atoms with van der Waals surface area (Å²) in [5.74, 6) is 0.480. The molecule has 0 aliphatic heterocycles. The minimum Gasteiger partial charge on any atom is -0.450 e. The van der Waals surface area contributed by atoms with Gasteiger partial charge in [-0.3, -0.25) is 5.32 Å². The van der Waals surface area contributed by atoms with Gasteiger partial charge in [-0.25, -0.2) is 4.79 Å². The number of hydrogen-bond donors (Lipinski definition) is 1. The summed E-state index contributed by atoms with van der Waals surface area (Å²) < 4.78 is 6.31. The van der Waals surface area contributed by atoms with Crippen LogP contribution in [0.4, 0.5) is 10.5 Å². The Hall–Kier alpha value is -2.33. The highest BCUT2D eigenvalue weighted by atomic mass is 32.1. The van der Waals surface area contributed by atoms with Gasteiger partial charge >= 0.3 is 6.09 Å². The molecule has 3 rings (SSSR count). The van der Waals surface area contributed by atoms with Crippen LogP contribution in [0, 0.1) is 0 Å². The monoisotopic (exact) mass is 339 g/mol. The van der Waals surface area contributed by atoms with Crippen LogP contribution in [0.2, 0.25) is 0 Å². The summed E-state index contributed by atoms with van der Waals surface area (Å²) in [4.78, 5) is 12.9. The molecule has 0 aliphatic rings. The number of fused-ring (bicyclic) bond motifs is 1. The topological polar surface area (TPSA) is 38.3 Å². The molecule has 1 N–H and O–H groups in total. The molecule has 0 saturated heterocycles. The molecule has 1 aromatic heterocycles. The third kappa shape index (κ3) is 3.29. The van der Waals surface area contributed by atoms with E-state index in [2.05, 4.69) is 43.4 Å². The number of ether oxygens (including phenoxy) is 1. The van der Waals surface area contributed by atoms with Crippen molar-refractivity contribution in [1.82, 2.24) is 0 Å². The predicted molar refractivity (Wildman–Crippen MR) is 102 cm³/mol. The first-order chi connectivity index (χ1) is 11.6. The van der Waals surface area contributed by atoms with Gasteiger partial charge < -0.3 is 4.74 Å². The third-order valence-corrected chi connectivity index (χ3v) is 5.13. The number of anilines is 1. The van der Waals surface area contributed by atoms with Crippen LogP contribution in [0.25, 0.3) is 20.5 Å². The highest BCUT2D eigenvalue weighted by Gasteiger charge is 2.13. The van der Waals surface area contributed by atoms with Crippen LogP contribution in [0.1, 0.15) is 32.3 Å². The molecular weight excluding hydrogens is 318 g/mol. The highest BCUT2D eigenvalue weighted by molar-refractivity contribution is 7.22. The fourth-order valence-electron chi connectivity index (χ4n) is 2.76. The molecular formula is C20H21NO2S. The lowest BCUT2D eigenvalue weighted by atomic mass is 10.0. The number of para-hydroxylation sites is 1. The van der Waals surface area contributed by atoms with Crippen molar-refractivity contribution in [1.29, 1.82) is 0 Å². The zero-order chi connectivity index (χ0) is 17.1. The molecule has 0 radical (unpaired) electrons. The second-order valence-corrected chi connectivity index (χ2v) is 6.97. The first kappa shape index (κ1) is 16.5. The summed E-state index contributed by atoms with van der Waals surface area (Å²) in [5, 5.41) is 4.08. The zero-order valence-corrected chi connectivity index (χ0v) is 14.9. The number of hydrogen-bond acceptors (Lipinski definition) is 3. The average molecular weight is 339 g/mol. The first-order valence-electron chi connectivity index (χ1n) is 8.15. The normalized spacial score (nSPS) is 11.0. The molecule has 3 aromatic rings. The summed E-state index contributed by atoms with van der Waals surface area (Å²) in [6.45, 7) is 6.58. The smallest absolute Gasteiger partial charge is 0.411 e. The fraction of sp³-hybridized carbons (Fsp3) is 0.250. The number of nitrogens with one attached hydrogen (secondary N) is 1. The van der Waals surface area contributed by atoms with Gasteiger partial charge in [-0.15, -0.1) is 11.3 Å². The van der Waals surface area contributed by atoms with E-state index in [0.29, 0.717) is 12.5 Å². The van der Waals surface area contributed by atoms with Crippen LogP contribution in [-0.4, -0.2) is 12.7 Å². The standard InChI is InChI=1S/C20H21NO2S/c1-4-23-20(22)21-17-11-6-5-9-16(17)18-12-14-8-7-10-15(13(2)3)19(14)24-18/h5-13H,4H2,1-3H3,(H,21,22). The first-order valence-corrected chi connectivity index (χ1v) is 8.97. The lowest BCUT2D eigenvalue weighted by Crippen LogP contribution is -2.13. The molecule has 0 unspecified atom stereocenters. The van der Waals surface area contributed by atoms with E-state index >= 15 is 0 Å². The van der Waals surface area contributed by atoms with Gasteiger partial charge in [0, 0.05) is 15.1 Å². The number of carbonyl (C=O) groups is 1. The molecule has 24 heavy (non-hydrogen) atoms. The number of rotatable bonds is 4. The van der Waals surface area contributed by atoms with Crippen LogP contribution in [0.3, 0.4) is 0 Å². The Morgan fingerprint density at radius 3 is 2.71 bits per heavy atom. The molecule has 0 aliphatic carbocycles. The summed E-state index contributed by atoms with van der Waals surface area (Å²) in [5.41, 5.74) is 3.15. The van der Waals surface area contributed by atoms with Crippen molar-refractivity contribution in [2.75, 3.05) is 11.9 Å². The molecule has 3 nitrogen and oxygen atoms in total. The fourth-order valence-corrected chi connectivity index (χ4v) is 4.12. The van der Waals surface area contributed by atoms with Crippen LogP contribution < -0.4 is 5.32 Å². The average Bonchev–Trinajstić information content (AvgIpc) is 2.99. The van der Waals surface area contributed by atoms with E-state index < -0.39 is 6.09 Å². The molecule has 1 heterocycles. The lowest BCUT2D eigenvalue weighted by molar-refractivity contribution is 0.168. The maximum absolute atomic E-state index is 11.8. The summed E-state index contributed by atoms with van der Waals surface area (Å²) in [7, 11) is 0. The quantitative estimate of drug-likeness (QED) is 0.609. The number of amides is 1. The van der Waals surface area contributed by atoms with E-state index in [1.807, 2.05) is 24.3 Å². The van der Waals surface area contributed by atoms with Gasteiger partial charge in [0.2, 0.25) is 0 Å². The van der Waals surface area contributed by atoms with Crippen LogP contribution in [0.15, 0.2) is 48.5 Å². The van der Waals surface area contributed by atoms with Crippen molar-refractivity contribution >= 4 is 33.2 Å². The van der Waals surface area contributed by atoms with E-state index in [1.54, 1.807) is 18.3 Å². The Morgan fingerprint density at radius 2 is 1.96 bits per heavy atom. The largest absolute Gasteiger partial charge is 0.450 e. The minimum atomic E-state index is -0.422. The summed E-state index contributed by atoms with van der Waals surface area (Å²) in [6, 6.07) is 16.5. The number of thiophene rings is 1. The van der Waals surface area contributed by atoms with Crippen LogP contribution in [-0.2, 0) is 4.74 Å². The SMILES string of the molecule is CCOC(=O)Nc1ccccc1-c1cc2cccc(C(C)C)c2s1. The maximum Gasteiger partial charge on any atom is 0.411 e. The zero-order valence-electron chi connectivity index (χ0n) is 14.1. The Morgan fingerprint density at radius 1 is 1.17 bits per heavy atom. The molecule has 0 fully saturated rings. The Bertz CT molecular complexity index is 867. The van der Waals surface area contributed by atoms with E-state index in [1.165, 1.54) is 15.6 Å².